The maximum Gasteiger partial charge on any atom is 0.264 e. The molecule has 0 aliphatic carbocycles. The number of hydrogen-bond donors (Lipinski definition) is 1. The summed E-state index contributed by atoms with van der Waals surface area (Å²) in [6.45, 7) is 4.21. The van der Waals surface area contributed by atoms with Crippen molar-refractivity contribution >= 4 is 44.2 Å². The molecule has 0 bridgehead atoms. The molecule has 0 fully saturated rings. The summed E-state index contributed by atoms with van der Waals surface area (Å²) in [6.07, 6.45) is 0. The lowest BCUT2D eigenvalue weighted by Crippen LogP contribution is -2.41. The second-order valence-electron chi connectivity index (χ2n) is 6.00. The number of rotatable bonds is 7. The average Bonchev–Trinajstić information content (AvgIpc) is 2.59. The van der Waals surface area contributed by atoms with Gasteiger partial charge in [0.25, 0.3) is 10.0 Å². The average molecular weight is 472 g/mol. The number of nitrogens with one attached hydrogen (secondary N) is 1. The first-order valence-electron chi connectivity index (χ1n) is 7.91. The lowest BCUT2D eigenvalue weighted by molar-refractivity contribution is -0.119. The van der Waals surface area contributed by atoms with E-state index < -0.39 is 10.0 Å². The number of hydrogen-bond acceptors (Lipinski definition) is 3. The molecular weight excluding hydrogens is 451 g/mol. The Morgan fingerprint density at radius 3 is 2.24 bits per heavy atom. The summed E-state index contributed by atoms with van der Waals surface area (Å²) in [7, 11) is -3.83. The molecule has 2 aromatic rings. The lowest BCUT2D eigenvalue weighted by Gasteiger charge is -2.24. The molecule has 0 unspecified atom stereocenters. The van der Waals surface area contributed by atoms with E-state index in [2.05, 4.69) is 27.9 Å². The fraction of sp³-hybridized carbons (Fsp3) is 0.278. The summed E-state index contributed by atoms with van der Waals surface area (Å²) in [5.41, 5.74) is 0.462. The van der Waals surface area contributed by atoms with Crippen LogP contribution < -0.4 is 9.62 Å². The normalized spacial score (nSPS) is 11.4. The number of benzene rings is 2. The molecule has 5 nitrogen and oxygen atoms in total. The third kappa shape index (κ3) is 5.43. The van der Waals surface area contributed by atoms with Crippen LogP contribution in [0.4, 0.5) is 5.69 Å². The van der Waals surface area contributed by atoms with Crippen LogP contribution in [-0.2, 0) is 14.8 Å². The molecule has 0 saturated carbocycles. The smallest absolute Gasteiger partial charge is 0.264 e. The first-order chi connectivity index (χ1) is 11.8. The molecule has 0 aliphatic heterocycles. The van der Waals surface area contributed by atoms with E-state index in [1.54, 1.807) is 30.3 Å². The molecule has 0 heterocycles. The number of halogens is 1. The molecule has 7 heteroatoms. The molecule has 2 rings (SSSR count). The van der Waals surface area contributed by atoms with Crippen molar-refractivity contribution in [3.05, 3.63) is 58.2 Å². The fourth-order valence-electron chi connectivity index (χ4n) is 2.15. The Morgan fingerprint density at radius 1 is 1.08 bits per heavy atom. The predicted molar refractivity (Wildman–Crippen MR) is 108 cm³/mol. The summed E-state index contributed by atoms with van der Waals surface area (Å²) in [5.74, 6) is -0.0341. The molecular formula is C18H21IN2O3S. The van der Waals surface area contributed by atoms with Gasteiger partial charge in [-0.1, -0.05) is 32.0 Å². The maximum absolute atomic E-state index is 13.0. The standard InChI is InChI=1S/C18H21IN2O3S/c1-14(2)12-20-18(22)13-21(16-10-8-15(19)9-11-16)25(23,24)17-6-4-3-5-7-17/h3-11,14H,12-13H2,1-2H3,(H,20,22). The minimum Gasteiger partial charge on any atom is -0.354 e. The van der Waals surface area contributed by atoms with E-state index in [1.807, 2.05) is 26.0 Å². The highest BCUT2D eigenvalue weighted by molar-refractivity contribution is 14.1. The van der Waals surface area contributed by atoms with Gasteiger partial charge in [-0.2, -0.15) is 0 Å². The van der Waals surface area contributed by atoms with Gasteiger partial charge < -0.3 is 5.32 Å². The van der Waals surface area contributed by atoms with Gasteiger partial charge in [0, 0.05) is 10.1 Å². The fourth-order valence-corrected chi connectivity index (χ4v) is 3.95. The van der Waals surface area contributed by atoms with Crippen LogP contribution in [-0.4, -0.2) is 27.4 Å². The predicted octanol–water partition coefficient (Wildman–Crippen LogP) is 3.26. The second-order valence-corrected chi connectivity index (χ2v) is 9.11. The minimum atomic E-state index is -3.83. The van der Waals surface area contributed by atoms with Gasteiger partial charge in [-0.05, 0) is 64.9 Å². The molecule has 0 aliphatic rings. The Hall–Kier alpha value is -1.61. The molecule has 0 saturated heterocycles. The van der Waals surface area contributed by atoms with Crippen LogP contribution in [0.3, 0.4) is 0 Å². The van der Waals surface area contributed by atoms with E-state index in [4.69, 9.17) is 0 Å². The van der Waals surface area contributed by atoms with Crippen LogP contribution in [0.5, 0.6) is 0 Å². The van der Waals surface area contributed by atoms with Crippen molar-refractivity contribution in [1.29, 1.82) is 0 Å². The molecule has 1 N–H and O–H groups in total. The molecule has 0 spiro atoms. The lowest BCUT2D eigenvalue weighted by atomic mass is 10.2. The second kappa shape index (κ2) is 8.66. The zero-order valence-corrected chi connectivity index (χ0v) is 17.1. The van der Waals surface area contributed by atoms with Crippen molar-refractivity contribution in [3.63, 3.8) is 0 Å². The monoisotopic (exact) mass is 472 g/mol. The Labute approximate surface area is 162 Å². The van der Waals surface area contributed by atoms with Gasteiger partial charge in [0.15, 0.2) is 0 Å². The number of nitrogens with zero attached hydrogens (tertiary/aromatic N) is 1. The largest absolute Gasteiger partial charge is 0.354 e. The third-order valence-electron chi connectivity index (χ3n) is 3.44. The number of sulfonamides is 1. The van der Waals surface area contributed by atoms with Gasteiger partial charge in [-0.3, -0.25) is 9.10 Å². The molecule has 0 atom stereocenters. The molecule has 134 valence electrons. The zero-order valence-electron chi connectivity index (χ0n) is 14.1. The molecule has 2 aromatic carbocycles. The van der Waals surface area contributed by atoms with Gasteiger partial charge in [-0.25, -0.2) is 8.42 Å². The van der Waals surface area contributed by atoms with Gasteiger partial charge in [-0.15, -0.1) is 0 Å². The van der Waals surface area contributed by atoms with Crippen LogP contribution in [0, 0.1) is 9.49 Å². The van der Waals surface area contributed by atoms with Crippen LogP contribution in [0.25, 0.3) is 0 Å². The number of amides is 1. The quantitative estimate of drug-likeness (QED) is 0.630. The van der Waals surface area contributed by atoms with E-state index in [9.17, 15) is 13.2 Å². The zero-order chi connectivity index (χ0) is 18.4. The van der Waals surface area contributed by atoms with Crippen molar-refractivity contribution in [3.8, 4) is 0 Å². The van der Waals surface area contributed by atoms with Crippen LogP contribution in [0.1, 0.15) is 13.8 Å². The maximum atomic E-state index is 13.0. The molecule has 1 amide bonds. The van der Waals surface area contributed by atoms with Crippen LogP contribution >= 0.6 is 22.6 Å². The van der Waals surface area contributed by atoms with E-state index in [0.29, 0.717) is 18.2 Å². The summed E-state index contributed by atoms with van der Waals surface area (Å²) in [5, 5.41) is 2.77. The van der Waals surface area contributed by atoms with Gasteiger partial charge in [0.05, 0.1) is 10.6 Å². The summed E-state index contributed by atoms with van der Waals surface area (Å²) >= 11 is 2.15. The van der Waals surface area contributed by atoms with E-state index in [0.717, 1.165) is 7.88 Å². The SMILES string of the molecule is CC(C)CNC(=O)CN(c1ccc(I)cc1)S(=O)(=O)c1ccccc1. The van der Waals surface area contributed by atoms with Crippen LogP contribution in [0.15, 0.2) is 59.5 Å². The van der Waals surface area contributed by atoms with Gasteiger partial charge in [0.2, 0.25) is 5.91 Å². The Bertz CT molecular complexity index is 806. The Balaban J connectivity index is 2.35. The molecule has 0 aromatic heterocycles. The van der Waals surface area contributed by atoms with Crippen molar-refractivity contribution in [2.75, 3.05) is 17.4 Å². The molecule has 0 radical (unpaired) electrons. The van der Waals surface area contributed by atoms with E-state index in [-0.39, 0.29) is 17.3 Å². The van der Waals surface area contributed by atoms with E-state index >= 15 is 0 Å². The highest BCUT2D eigenvalue weighted by atomic mass is 127. The molecule has 25 heavy (non-hydrogen) atoms. The first-order valence-corrected chi connectivity index (χ1v) is 10.4. The number of carbonyl (C=O) groups excluding carboxylic acids is 1. The van der Waals surface area contributed by atoms with Crippen molar-refractivity contribution in [2.45, 2.75) is 18.7 Å². The minimum absolute atomic E-state index is 0.158. The van der Waals surface area contributed by atoms with Crippen LogP contribution in [0.2, 0.25) is 0 Å². The highest BCUT2D eigenvalue weighted by Crippen LogP contribution is 2.24. The summed E-state index contributed by atoms with van der Waals surface area (Å²) < 4.78 is 28.2. The van der Waals surface area contributed by atoms with Crippen molar-refractivity contribution in [1.82, 2.24) is 5.32 Å². The summed E-state index contributed by atoms with van der Waals surface area (Å²) in [6, 6.07) is 15.2. The first kappa shape index (κ1) is 19.7. The number of carbonyl (C=O) groups is 1. The van der Waals surface area contributed by atoms with Gasteiger partial charge in [0.1, 0.15) is 6.54 Å². The Kier molecular flexibility index (Phi) is 6.83. The van der Waals surface area contributed by atoms with Gasteiger partial charge >= 0.3 is 0 Å². The highest BCUT2D eigenvalue weighted by Gasteiger charge is 2.27. The number of anilines is 1. The Morgan fingerprint density at radius 2 is 1.68 bits per heavy atom. The summed E-state index contributed by atoms with van der Waals surface area (Å²) in [4.78, 5) is 12.4. The topological polar surface area (TPSA) is 66.5 Å². The third-order valence-corrected chi connectivity index (χ3v) is 5.95. The van der Waals surface area contributed by atoms with Crippen molar-refractivity contribution in [2.24, 2.45) is 5.92 Å². The van der Waals surface area contributed by atoms with E-state index in [1.165, 1.54) is 12.1 Å². The van der Waals surface area contributed by atoms with Crippen molar-refractivity contribution < 1.29 is 13.2 Å².